The summed E-state index contributed by atoms with van der Waals surface area (Å²) in [5, 5.41) is 5.37. The van der Waals surface area contributed by atoms with E-state index in [0.717, 1.165) is 29.5 Å². The Kier molecular flexibility index (Phi) is 6.04. The first kappa shape index (κ1) is 17.9. The minimum atomic E-state index is -0.240. The number of hydrazone groups is 1. The Bertz CT molecular complexity index is 751. The average molecular weight is 377 g/mol. The van der Waals surface area contributed by atoms with Crippen molar-refractivity contribution >= 4 is 40.2 Å². The van der Waals surface area contributed by atoms with E-state index in [-0.39, 0.29) is 5.91 Å². The highest BCUT2D eigenvalue weighted by atomic mass is 35.5. The molecule has 5 nitrogen and oxygen atoms in total. The first-order chi connectivity index (χ1) is 12.2. The fraction of sp³-hybridized carbons (Fsp3) is 0.389. The number of rotatable bonds is 5. The molecule has 1 aromatic carbocycles. The number of hydrogen-bond acceptors (Lipinski definition) is 5. The van der Waals surface area contributed by atoms with Crippen LogP contribution in [0, 0.1) is 0 Å². The van der Waals surface area contributed by atoms with Crippen LogP contribution in [0.25, 0.3) is 0 Å². The molecule has 0 bridgehead atoms. The Morgan fingerprint density at radius 1 is 1.32 bits per heavy atom. The molecule has 132 valence electrons. The summed E-state index contributed by atoms with van der Waals surface area (Å²) < 4.78 is 0. The van der Waals surface area contributed by atoms with E-state index >= 15 is 0 Å². The van der Waals surface area contributed by atoms with Gasteiger partial charge in [0.25, 0.3) is 5.91 Å². The fourth-order valence-electron chi connectivity index (χ4n) is 2.71. The number of thiazole rings is 1. The summed E-state index contributed by atoms with van der Waals surface area (Å²) in [6.45, 7) is 4.12. The summed E-state index contributed by atoms with van der Waals surface area (Å²) in [4.78, 5) is 19.5. The second-order valence-electron chi connectivity index (χ2n) is 5.95. The number of benzene rings is 1. The van der Waals surface area contributed by atoms with Gasteiger partial charge >= 0.3 is 0 Å². The van der Waals surface area contributed by atoms with Gasteiger partial charge in [-0.3, -0.25) is 4.79 Å². The summed E-state index contributed by atoms with van der Waals surface area (Å²) in [7, 11) is 0. The van der Waals surface area contributed by atoms with E-state index in [2.05, 4.69) is 27.3 Å². The first-order valence-corrected chi connectivity index (χ1v) is 9.70. The molecule has 2 aromatic rings. The second-order valence-corrected chi connectivity index (χ2v) is 7.32. The van der Waals surface area contributed by atoms with Crippen LogP contribution in [0.5, 0.6) is 0 Å². The number of carbonyl (C=O) groups is 1. The lowest BCUT2D eigenvalue weighted by atomic mass is 10.1. The Morgan fingerprint density at radius 3 is 2.72 bits per heavy atom. The molecule has 0 unspecified atom stereocenters. The standard InChI is InChI=1S/C18H21ClN4OS/c1-2-13-6-8-14(9-7-13)17(24)22-20-12-15-16(19)21-18(25-15)23-10-4-3-5-11-23/h6-9,12H,2-5,10-11H2,1H3,(H,22,24)/b20-12-. The van der Waals surface area contributed by atoms with E-state index in [9.17, 15) is 4.79 Å². The lowest BCUT2D eigenvalue weighted by molar-refractivity contribution is 0.0955. The van der Waals surface area contributed by atoms with E-state index in [1.807, 2.05) is 12.1 Å². The molecule has 2 heterocycles. The maximum Gasteiger partial charge on any atom is 0.271 e. The Labute approximate surface area is 156 Å². The smallest absolute Gasteiger partial charge is 0.271 e. The van der Waals surface area contributed by atoms with Crippen molar-refractivity contribution in [1.29, 1.82) is 0 Å². The predicted molar refractivity (Wildman–Crippen MR) is 104 cm³/mol. The minimum Gasteiger partial charge on any atom is -0.348 e. The summed E-state index contributed by atoms with van der Waals surface area (Å²) in [6, 6.07) is 7.50. The second kappa shape index (κ2) is 8.45. The molecule has 1 saturated heterocycles. The number of carbonyl (C=O) groups excluding carboxylic acids is 1. The van der Waals surface area contributed by atoms with Gasteiger partial charge < -0.3 is 4.90 Å². The Morgan fingerprint density at radius 2 is 2.04 bits per heavy atom. The molecule has 0 aliphatic carbocycles. The third kappa shape index (κ3) is 4.58. The number of aromatic nitrogens is 1. The number of aryl methyl sites for hydroxylation is 1. The molecule has 0 saturated carbocycles. The number of nitrogens with zero attached hydrogens (tertiary/aromatic N) is 3. The van der Waals surface area contributed by atoms with Crippen LogP contribution >= 0.6 is 22.9 Å². The van der Waals surface area contributed by atoms with Crippen molar-refractivity contribution in [2.45, 2.75) is 32.6 Å². The van der Waals surface area contributed by atoms with E-state index in [4.69, 9.17) is 11.6 Å². The largest absolute Gasteiger partial charge is 0.348 e. The monoisotopic (exact) mass is 376 g/mol. The van der Waals surface area contributed by atoms with Crippen molar-refractivity contribution < 1.29 is 4.79 Å². The molecule has 1 aromatic heterocycles. The number of anilines is 1. The van der Waals surface area contributed by atoms with Crippen molar-refractivity contribution in [3.63, 3.8) is 0 Å². The van der Waals surface area contributed by atoms with Gasteiger partial charge in [0.1, 0.15) is 0 Å². The van der Waals surface area contributed by atoms with Crippen LogP contribution < -0.4 is 10.3 Å². The van der Waals surface area contributed by atoms with Crippen LogP contribution in [-0.2, 0) is 6.42 Å². The highest BCUT2D eigenvalue weighted by molar-refractivity contribution is 7.17. The molecule has 7 heteroatoms. The van der Waals surface area contributed by atoms with E-state index in [1.54, 1.807) is 18.3 Å². The van der Waals surface area contributed by atoms with Gasteiger partial charge in [0, 0.05) is 18.7 Å². The lowest BCUT2D eigenvalue weighted by Crippen LogP contribution is -2.29. The van der Waals surface area contributed by atoms with Crippen LogP contribution in [0.4, 0.5) is 5.13 Å². The lowest BCUT2D eigenvalue weighted by Gasteiger charge is -2.25. The van der Waals surface area contributed by atoms with Crippen LogP contribution in [0.3, 0.4) is 0 Å². The summed E-state index contributed by atoms with van der Waals surface area (Å²) in [5.41, 5.74) is 4.32. The van der Waals surface area contributed by atoms with E-state index < -0.39 is 0 Å². The number of piperidine rings is 1. The highest BCUT2D eigenvalue weighted by Crippen LogP contribution is 2.30. The summed E-state index contributed by atoms with van der Waals surface area (Å²) in [6.07, 6.45) is 6.16. The molecule has 3 rings (SSSR count). The zero-order chi connectivity index (χ0) is 17.6. The molecule has 1 N–H and O–H groups in total. The van der Waals surface area contributed by atoms with Gasteiger partial charge in [-0.2, -0.15) is 5.10 Å². The Hall–Kier alpha value is -1.92. The molecule has 25 heavy (non-hydrogen) atoms. The molecule has 1 fully saturated rings. The quantitative estimate of drug-likeness (QED) is 0.631. The fourth-order valence-corrected chi connectivity index (χ4v) is 3.88. The SMILES string of the molecule is CCc1ccc(C(=O)N/N=C\c2sc(N3CCCCC3)nc2Cl)cc1. The third-order valence-corrected chi connectivity index (χ3v) is 5.65. The molecular weight excluding hydrogens is 356 g/mol. The third-order valence-electron chi connectivity index (χ3n) is 4.20. The van der Waals surface area contributed by atoms with Gasteiger partial charge in [0.15, 0.2) is 10.3 Å². The number of nitrogens with one attached hydrogen (secondary N) is 1. The van der Waals surface area contributed by atoms with Crippen LogP contribution in [0.1, 0.15) is 47.0 Å². The molecule has 0 spiro atoms. The first-order valence-electron chi connectivity index (χ1n) is 8.51. The number of hydrogen-bond donors (Lipinski definition) is 1. The highest BCUT2D eigenvalue weighted by Gasteiger charge is 2.16. The molecule has 0 atom stereocenters. The van der Waals surface area contributed by atoms with Crippen molar-refractivity contribution in [1.82, 2.24) is 10.4 Å². The van der Waals surface area contributed by atoms with Crippen molar-refractivity contribution in [2.75, 3.05) is 18.0 Å². The summed E-state index contributed by atoms with van der Waals surface area (Å²) >= 11 is 7.70. The van der Waals surface area contributed by atoms with Gasteiger partial charge in [0.2, 0.25) is 0 Å². The van der Waals surface area contributed by atoms with Crippen LogP contribution in [0.2, 0.25) is 5.15 Å². The van der Waals surface area contributed by atoms with Crippen LogP contribution in [-0.4, -0.2) is 30.2 Å². The maximum absolute atomic E-state index is 12.1. The zero-order valence-corrected chi connectivity index (χ0v) is 15.7. The molecule has 1 aliphatic heterocycles. The van der Waals surface area contributed by atoms with Crippen molar-refractivity contribution in [2.24, 2.45) is 5.10 Å². The van der Waals surface area contributed by atoms with Gasteiger partial charge in [-0.15, -0.1) is 0 Å². The topological polar surface area (TPSA) is 57.6 Å². The Balaban J connectivity index is 1.61. The summed E-state index contributed by atoms with van der Waals surface area (Å²) in [5.74, 6) is -0.240. The average Bonchev–Trinajstić information content (AvgIpc) is 3.03. The van der Waals surface area contributed by atoms with E-state index in [1.165, 1.54) is 36.2 Å². The molecule has 1 amide bonds. The van der Waals surface area contributed by atoms with Gasteiger partial charge in [-0.05, 0) is 43.4 Å². The van der Waals surface area contributed by atoms with Crippen molar-refractivity contribution in [3.05, 3.63) is 45.4 Å². The predicted octanol–water partition coefficient (Wildman–Crippen LogP) is 4.11. The van der Waals surface area contributed by atoms with Gasteiger partial charge in [0.05, 0.1) is 11.1 Å². The number of amides is 1. The van der Waals surface area contributed by atoms with Gasteiger partial charge in [-0.25, -0.2) is 10.4 Å². The number of halogens is 1. The van der Waals surface area contributed by atoms with E-state index in [0.29, 0.717) is 10.7 Å². The molecular formula is C18H21ClN4OS. The van der Waals surface area contributed by atoms with Gasteiger partial charge in [-0.1, -0.05) is 42.0 Å². The minimum absolute atomic E-state index is 0.240. The zero-order valence-electron chi connectivity index (χ0n) is 14.2. The van der Waals surface area contributed by atoms with Crippen LogP contribution in [0.15, 0.2) is 29.4 Å². The molecule has 1 aliphatic rings. The maximum atomic E-state index is 12.1. The molecule has 0 radical (unpaired) electrons. The normalized spacial score (nSPS) is 14.9. The van der Waals surface area contributed by atoms with Crippen molar-refractivity contribution in [3.8, 4) is 0 Å².